The number of hydrogen-bond acceptors (Lipinski definition) is 4. The number of carbonyl (C=O) groups is 1. The summed E-state index contributed by atoms with van der Waals surface area (Å²) in [6.45, 7) is 0. The number of nitrogens with zero attached hydrogens (tertiary/aromatic N) is 3. The smallest absolute Gasteiger partial charge is 0.341 e. The van der Waals surface area contributed by atoms with Crippen molar-refractivity contribution in [2.75, 3.05) is 0 Å². The molecule has 150 valence electrons. The maximum absolute atomic E-state index is 11.6. The van der Waals surface area contributed by atoms with Gasteiger partial charge in [-0.25, -0.2) is 14.3 Å². The van der Waals surface area contributed by atoms with Crippen molar-refractivity contribution in [3.05, 3.63) is 103 Å². The number of carboxylic acids is 1. The molecule has 5 aromatic rings. The first-order chi connectivity index (χ1) is 15.2. The summed E-state index contributed by atoms with van der Waals surface area (Å²) in [7, 11) is 0. The van der Waals surface area contributed by atoms with E-state index in [2.05, 4.69) is 10.1 Å². The van der Waals surface area contributed by atoms with Gasteiger partial charge in [0.2, 0.25) is 0 Å². The first-order valence-corrected chi connectivity index (χ1v) is 9.69. The van der Waals surface area contributed by atoms with Crippen molar-refractivity contribution < 1.29 is 14.6 Å². The summed E-state index contributed by atoms with van der Waals surface area (Å²) in [5.41, 5.74) is 3.81. The van der Waals surface area contributed by atoms with Gasteiger partial charge in [0, 0.05) is 17.3 Å². The Morgan fingerprint density at radius 3 is 2.10 bits per heavy atom. The lowest BCUT2D eigenvalue weighted by molar-refractivity contribution is 0.0698. The van der Waals surface area contributed by atoms with Gasteiger partial charge in [0.15, 0.2) is 5.65 Å². The van der Waals surface area contributed by atoms with Crippen LogP contribution in [0, 0.1) is 0 Å². The van der Waals surface area contributed by atoms with Crippen LogP contribution in [0.5, 0.6) is 11.5 Å². The minimum absolute atomic E-state index is 0.0651. The SMILES string of the molecule is O=C(O)c1cnn2c(-c3ccccc3)c(-c3ccc(Oc4ccccc4)cc3)cnc12. The number of rotatable bonds is 5. The fraction of sp³-hybridized carbons (Fsp3) is 0. The van der Waals surface area contributed by atoms with Gasteiger partial charge < -0.3 is 9.84 Å². The predicted molar refractivity (Wildman–Crippen MR) is 117 cm³/mol. The van der Waals surface area contributed by atoms with Crippen LogP contribution in [0.25, 0.3) is 28.0 Å². The van der Waals surface area contributed by atoms with Gasteiger partial charge in [0.25, 0.3) is 0 Å². The summed E-state index contributed by atoms with van der Waals surface area (Å²) in [5.74, 6) is 0.426. The maximum atomic E-state index is 11.6. The number of benzene rings is 3. The summed E-state index contributed by atoms with van der Waals surface area (Å²) in [4.78, 5) is 16.0. The Hall–Kier alpha value is -4.45. The molecule has 0 spiro atoms. The molecule has 0 radical (unpaired) electrons. The summed E-state index contributed by atoms with van der Waals surface area (Å²) in [6, 6.07) is 27.0. The van der Waals surface area contributed by atoms with Crippen LogP contribution in [0.3, 0.4) is 0 Å². The normalized spacial score (nSPS) is 10.8. The first kappa shape index (κ1) is 18.6. The van der Waals surface area contributed by atoms with Gasteiger partial charge in [-0.2, -0.15) is 5.10 Å². The van der Waals surface area contributed by atoms with Crippen LogP contribution < -0.4 is 4.74 Å². The van der Waals surface area contributed by atoms with Crippen molar-refractivity contribution in [1.82, 2.24) is 14.6 Å². The van der Waals surface area contributed by atoms with E-state index in [0.29, 0.717) is 5.65 Å². The highest BCUT2D eigenvalue weighted by molar-refractivity contribution is 5.95. The van der Waals surface area contributed by atoms with E-state index in [-0.39, 0.29) is 5.56 Å². The molecule has 0 unspecified atom stereocenters. The number of fused-ring (bicyclic) bond motifs is 1. The molecular weight excluding hydrogens is 390 g/mol. The lowest BCUT2D eigenvalue weighted by Gasteiger charge is -2.13. The Kier molecular flexibility index (Phi) is 4.65. The predicted octanol–water partition coefficient (Wildman–Crippen LogP) is 5.55. The first-order valence-electron chi connectivity index (χ1n) is 9.69. The van der Waals surface area contributed by atoms with E-state index >= 15 is 0 Å². The highest BCUT2D eigenvalue weighted by Crippen LogP contribution is 2.34. The topological polar surface area (TPSA) is 76.7 Å². The van der Waals surface area contributed by atoms with E-state index in [0.717, 1.165) is 33.9 Å². The molecule has 6 heteroatoms. The van der Waals surface area contributed by atoms with E-state index in [9.17, 15) is 9.90 Å². The Morgan fingerprint density at radius 2 is 1.42 bits per heavy atom. The van der Waals surface area contributed by atoms with E-state index in [1.165, 1.54) is 6.20 Å². The van der Waals surface area contributed by atoms with Gasteiger partial charge in [-0.15, -0.1) is 0 Å². The zero-order valence-electron chi connectivity index (χ0n) is 16.3. The number of carboxylic acid groups (broad SMARTS) is 1. The highest BCUT2D eigenvalue weighted by atomic mass is 16.5. The van der Waals surface area contributed by atoms with Crippen LogP contribution in [-0.4, -0.2) is 25.7 Å². The summed E-state index contributed by atoms with van der Waals surface area (Å²) in [5, 5.41) is 13.8. The van der Waals surface area contributed by atoms with Crippen LogP contribution in [0.1, 0.15) is 10.4 Å². The third kappa shape index (κ3) is 3.51. The average molecular weight is 407 g/mol. The summed E-state index contributed by atoms with van der Waals surface area (Å²) < 4.78 is 7.47. The molecule has 0 aliphatic rings. The monoisotopic (exact) mass is 407 g/mol. The van der Waals surface area contributed by atoms with Gasteiger partial charge in [-0.3, -0.25) is 0 Å². The fourth-order valence-electron chi connectivity index (χ4n) is 3.49. The van der Waals surface area contributed by atoms with Crippen LogP contribution in [0.4, 0.5) is 0 Å². The molecule has 31 heavy (non-hydrogen) atoms. The van der Waals surface area contributed by atoms with Gasteiger partial charge in [-0.1, -0.05) is 60.7 Å². The number of hydrogen-bond donors (Lipinski definition) is 1. The minimum Gasteiger partial charge on any atom is -0.477 e. The third-order valence-electron chi connectivity index (χ3n) is 4.95. The van der Waals surface area contributed by atoms with Crippen LogP contribution in [0.15, 0.2) is 97.3 Å². The molecule has 0 fully saturated rings. The van der Waals surface area contributed by atoms with E-state index in [1.807, 2.05) is 84.9 Å². The van der Waals surface area contributed by atoms with Crippen molar-refractivity contribution >= 4 is 11.6 Å². The second kappa shape index (κ2) is 7.76. The highest BCUT2D eigenvalue weighted by Gasteiger charge is 2.19. The molecule has 6 nitrogen and oxygen atoms in total. The van der Waals surface area contributed by atoms with Crippen LogP contribution >= 0.6 is 0 Å². The van der Waals surface area contributed by atoms with Crippen molar-refractivity contribution in [1.29, 1.82) is 0 Å². The minimum atomic E-state index is -1.06. The van der Waals surface area contributed by atoms with Gasteiger partial charge in [-0.05, 0) is 29.8 Å². The molecule has 1 N–H and O–H groups in total. The number of para-hydroxylation sites is 1. The zero-order chi connectivity index (χ0) is 21.2. The average Bonchev–Trinajstić information content (AvgIpc) is 3.25. The molecule has 0 atom stereocenters. The summed E-state index contributed by atoms with van der Waals surface area (Å²) >= 11 is 0. The quantitative estimate of drug-likeness (QED) is 0.413. The zero-order valence-corrected chi connectivity index (χ0v) is 16.3. The van der Waals surface area contributed by atoms with Gasteiger partial charge in [0.1, 0.15) is 17.1 Å². The number of aromatic nitrogens is 3. The molecule has 0 saturated heterocycles. The molecule has 0 amide bonds. The second-order valence-corrected chi connectivity index (χ2v) is 6.92. The standard InChI is InChI=1S/C25H17N3O3/c29-25(30)22-16-27-28-23(18-7-3-1-4-8-18)21(15-26-24(22)28)17-11-13-20(14-12-17)31-19-9-5-2-6-10-19/h1-16H,(H,29,30). The molecule has 2 aromatic heterocycles. The Morgan fingerprint density at radius 1 is 0.774 bits per heavy atom. The maximum Gasteiger partial charge on any atom is 0.341 e. The van der Waals surface area contributed by atoms with Gasteiger partial charge in [0.05, 0.1) is 11.9 Å². The second-order valence-electron chi connectivity index (χ2n) is 6.92. The molecule has 5 rings (SSSR count). The number of aromatic carboxylic acids is 1. The summed E-state index contributed by atoms with van der Waals surface area (Å²) in [6.07, 6.45) is 3.02. The largest absolute Gasteiger partial charge is 0.477 e. The van der Waals surface area contributed by atoms with Crippen molar-refractivity contribution in [3.63, 3.8) is 0 Å². The molecule has 0 saturated carbocycles. The third-order valence-corrected chi connectivity index (χ3v) is 4.95. The Bertz CT molecular complexity index is 1360. The van der Waals surface area contributed by atoms with Crippen molar-refractivity contribution in [3.8, 4) is 33.9 Å². The fourth-order valence-corrected chi connectivity index (χ4v) is 3.49. The molecule has 0 bridgehead atoms. The lowest BCUT2D eigenvalue weighted by Crippen LogP contribution is -2.02. The Labute approximate surface area is 178 Å². The van der Waals surface area contributed by atoms with Crippen LogP contribution in [-0.2, 0) is 0 Å². The van der Waals surface area contributed by atoms with Crippen LogP contribution in [0.2, 0.25) is 0 Å². The van der Waals surface area contributed by atoms with Crippen molar-refractivity contribution in [2.24, 2.45) is 0 Å². The molecule has 0 aliphatic carbocycles. The molecule has 2 heterocycles. The van der Waals surface area contributed by atoms with Crippen molar-refractivity contribution in [2.45, 2.75) is 0 Å². The number of ether oxygens (including phenoxy) is 1. The molecule has 3 aromatic carbocycles. The van der Waals surface area contributed by atoms with E-state index < -0.39 is 5.97 Å². The van der Waals surface area contributed by atoms with E-state index in [4.69, 9.17) is 4.74 Å². The van der Waals surface area contributed by atoms with Gasteiger partial charge >= 0.3 is 5.97 Å². The molecule has 0 aliphatic heterocycles. The Balaban J connectivity index is 1.62. The lowest BCUT2D eigenvalue weighted by atomic mass is 10.0. The van der Waals surface area contributed by atoms with E-state index in [1.54, 1.807) is 10.7 Å². The molecular formula is C25H17N3O3.